The van der Waals surface area contributed by atoms with Crippen LogP contribution in [0, 0.1) is 41.4 Å². The smallest absolute Gasteiger partial charge is 0.329 e. The summed E-state index contributed by atoms with van der Waals surface area (Å²) in [5.74, 6) is -7.55. The van der Waals surface area contributed by atoms with Gasteiger partial charge in [-0.05, 0) is 113 Å². The fraction of sp³-hybridized carbons (Fsp3) is 0.745. The van der Waals surface area contributed by atoms with Crippen LogP contribution in [0.25, 0.3) is 0 Å². The van der Waals surface area contributed by atoms with Gasteiger partial charge in [-0.25, -0.2) is 4.79 Å². The molecule has 0 aromatic carbocycles. The Kier molecular flexibility index (Phi) is 20.4. The first-order chi connectivity index (χ1) is 30.2. The summed E-state index contributed by atoms with van der Waals surface area (Å²) in [6.45, 7) is 14.8. The lowest BCUT2D eigenvalue weighted by Crippen LogP contribution is -2.61. The topological polar surface area (TPSA) is 186 Å². The third-order valence-corrected chi connectivity index (χ3v) is 14.5. The molecule has 3 aliphatic heterocycles. The third-order valence-electron chi connectivity index (χ3n) is 14.5. The van der Waals surface area contributed by atoms with Gasteiger partial charge in [0, 0.05) is 51.4 Å². The number of carbonyl (C=O) groups is 5. The fourth-order valence-corrected chi connectivity index (χ4v) is 10.2. The zero-order chi connectivity index (χ0) is 47.5. The maximum Gasteiger partial charge on any atom is 0.329 e. The summed E-state index contributed by atoms with van der Waals surface area (Å²) in [5, 5.41) is 33.8. The first kappa shape index (κ1) is 53.3. The molecule has 4 aliphatic rings. The van der Waals surface area contributed by atoms with Crippen LogP contribution in [0.2, 0.25) is 0 Å². The van der Waals surface area contributed by atoms with Crippen LogP contribution in [0.4, 0.5) is 0 Å². The highest BCUT2D eigenvalue weighted by Crippen LogP contribution is 2.38. The van der Waals surface area contributed by atoms with Crippen LogP contribution in [-0.4, -0.2) is 119 Å². The van der Waals surface area contributed by atoms with Crippen molar-refractivity contribution in [3.63, 3.8) is 0 Å². The summed E-state index contributed by atoms with van der Waals surface area (Å²) in [5.41, 5.74) is 1.28. The molecule has 0 radical (unpaired) electrons. The van der Waals surface area contributed by atoms with Gasteiger partial charge >= 0.3 is 5.97 Å². The first-order valence-electron chi connectivity index (χ1n) is 23.9. The van der Waals surface area contributed by atoms with E-state index in [0.717, 1.165) is 18.4 Å². The molecule has 13 heteroatoms. The molecule has 1 amide bonds. The van der Waals surface area contributed by atoms with E-state index in [2.05, 4.69) is 0 Å². The minimum atomic E-state index is -2.42. The van der Waals surface area contributed by atoms with Crippen molar-refractivity contribution >= 4 is 29.2 Å². The molecule has 2 saturated heterocycles. The van der Waals surface area contributed by atoms with Crippen LogP contribution in [0.1, 0.15) is 132 Å². The SMILES string of the molecule is CO[C@H]1C[C@@H]2CC[C@@H](C)[C@@](O)(O2)C(=O)C(=O)N2CCCC[C@H]2C(=O)O[C@H]([C@H](C)C[C@H]2CC[C@@H](O)[C@H](C)C2)CC(=O)[C@H](C)/C=C(\C)[C@@H](O)[C@@H](OC)C(=O)[C@H](C)C[C@H](C)/C=C/C=C/C=C/1C. The van der Waals surface area contributed by atoms with Gasteiger partial charge in [-0.2, -0.15) is 0 Å². The third kappa shape index (κ3) is 13.9. The Morgan fingerprint density at radius 3 is 2.25 bits per heavy atom. The molecule has 2 bridgehead atoms. The number of aliphatic hydroxyl groups is 3. The Balaban J connectivity index is 1.70. The van der Waals surface area contributed by atoms with E-state index in [1.54, 1.807) is 34.0 Å². The number of rotatable bonds is 5. The normalized spacial score (nSPS) is 40.9. The van der Waals surface area contributed by atoms with Crippen molar-refractivity contribution in [2.45, 2.75) is 181 Å². The number of cyclic esters (lactones) is 1. The number of esters is 1. The molecule has 15 atom stereocenters. The van der Waals surface area contributed by atoms with Crippen LogP contribution >= 0.6 is 0 Å². The number of ketones is 3. The van der Waals surface area contributed by atoms with Crippen molar-refractivity contribution in [3.8, 4) is 0 Å². The van der Waals surface area contributed by atoms with E-state index in [1.807, 2.05) is 65.0 Å². The van der Waals surface area contributed by atoms with Gasteiger partial charge in [0.2, 0.25) is 5.79 Å². The Labute approximate surface area is 382 Å². The molecular formula is C51H79NO12. The maximum absolute atomic E-state index is 14.3. The minimum Gasteiger partial charge on any atom is -0.460 e. The predicted octanol–water partition coefficient (Wildman–Crippen LogP) is 6.80. The van der Waals surface area contributed by atoms with E-state index in [-0.39, 0.29) is 60.7 Å². The largest absolute Gasteiger partial charge is 0.460 e. The second-order valence-electron chi connectivity index (χ2n) is 19.8. The van der Waals surface area contributed by atoms with Crippen molar-refractivity contribution in [2.75, 3.05) is 20.8 Å². The van der Waals surface area contributed by atoms with Crippen molar-refractivity contribution in [1.82, 2.24) is 4.90 Å². The summed E-state index contributed by atoms with van der Waals surface area (Å²) >= 11 is 0. The number of carbonyl (C=O) groups excluding carboxylic acids is 5. The molecule has 0 aromatic rings. The molecule has 13 nitrogen and oxygen atoms in total. The van der Waals surface area contributed by atoms with Crippen molar-refractivity contribution in [3.05, 3.63) is 47.6 Å². The monoisotopic (exact) mass is 898 g/mol. The molecule has 1 aliphatic carbocycles. The van der Waals surface area contributed by atoms with Crippen molar-refractivity contribution in [1.29, 1.82) is 0 Å². The predicted molar refractivity (Wildman–Crippen MR) is 244 cm³/mol. The van der Waals surface area contributed by atoms with Crippen LogP contribution in [-0.2, 0) is 42.9 Å². The molecule has 1 saturated carbocycles. The summed E-state index contributed by atoms with van der Waals surface area (Å²) in [7, 11) is 2.96. The molecule has 64 heavy (non-hydrogen) atoms. The Morgan fingerprint density at radius 1 is 0.859 bits per heavy atom. The van der Waals surface area contributed by atoms with E-state index in [0.29, 0.717) is 56.9 Å². The summed E-state index contributed by atoms with van der Waals surface area (Å²) in [6.07, 6.45) is 12.4. The number of ether oxygens (including phenoxy) is 4. The zero-order valence-corrected chi connectivity index (χ0v) is 40.2. The van der Waals surface area contributed by atoms with Gasteiger partial charge in [-0.1, -0.05) is 78.0 Å². The average molecular weight is 898 g/mol. The first-order valence-corrected chi connectivity index (χ1v) is 23.9. The molecule has 360 valence electrons. The summed E-state index contributed by atoms with van der Waals surface area (Å²) in [6, 6.07) is -1.12. The van der Waals surface area contributed by atoms with Crippen molar-refractivity contribution in [2.24, 2.45) is 41.4 Å². The molecular weight excluding hydrogens is 819 g/mol. The van der Waals surface area contributed by atoms with E-state index in [4.69, 9.17) is 18.9 Å². The van der Waals surface area contributed by atoms with Gasteiger partial charge in [0.25, 0.3) is 11.7 Å². The maximum atomic E-state index is 14.3. The van der Waals surface area contributed by atoms with Gasteiger partial charge in [0.15, 0.2) is 5.78 Å². The second-order valence-corrected chi connectivity index (χ2v) is 19.8. The van der Waals surface area contributed by atoms with Crippen LogP contribution in [0.5, 0.6) is 0 Å². The number of Topliss-reactive ketones (excluding diaryl/α,β-unsaturated/α-hetero) is 3. The van der Waals surface area contributed by atoms with Crippen LogP contribution < -0.4 is 0 Å². The quantitative estimate of drug-likeness (QED) is 0.149. The molecule has 4 rings (SSSR count). The number of hydrogen-bond donors (Lipinski definition) is 3. The van der Waals surface area contributed by atoms with Crippen LogP contribution in [0.3, 0.4) is 0 Å². The van der Waals surface area contributed by atoms with Gasteiger partial charge in [-0.15, -0.1) is 0 Å². The van der Waals surface area contributed by atoms with E-state index < -0.39 is 77.8 Å². The molecule has 0 aromatic heterocycles. The number of methoxy groups -OCH3 is 2. The van der Waals surface area contributed by atoms with E-state index in [1.165, 1.54) is 12.0 Å². The fourth-order valence-electron chi connectivity index (χ4n) is 10.2. The molecule has 3 heterocycles. The Morgan fingerprint density at radius 2 is 1.58 bits per heavy atom. The van der Waals surface area contributed by atoms with Gasteiger partial charge in [0.05, 0.1) is 18.3 Å². The minimum absolute atomic E-state index is 0.0258. The lowest BCUT2D eigenvalue weighted by atomic mass is 9.75. The van der Waals surface area contributed by atoms with Gasteiger partial charge < -0.3 is 39.2 Å². The number of allylic oxidation sites excluding steroid dienone is 6. The zero-order valence-electron chi connectivity index (χ0n) is 40.2. The molecule has 3 N–H and O–H groups in total. The highest BCUT2D eigenvalue weighted by molar-refractivity contribution is 6.39. The highest BCUT2D eigenvalue weighted by atomic mass is 16.6. The number of piperidine rings is 1. The molecule has 3 fully saturated rings. The number of amides is 1. The van der Waals surface area contributed by atoms with Crippen LogP contribution in [0.15, 0.2) is 47.6 Å². The summed E-state index contributed by atoms with van der Waals surface area (Å²) < 4.78 is 23.8. The standard InChI is InChI=1S/C51H79NO12/c1-30-16-12-11-13-17-31(2)43(61-9)28-39-21-19-37(8)51(60,64-39)48(57)49(58)52-23-15-14-18-40(52)50(59)63-44(34(5)27-38-20-22-41(53)33(4)26-38)29-42(54)32(3)25-36(7)46(56)47(62-10)45(55)35(6)24-30/h11-13,16-17,25,30,32-35,37-41,43-44,46-47,53,56,60H,14-15,18-24,26-29H2,1-10H3/b13-11+,16-12+,31-17+,36-25+/t30-,32-,33-,34-,35-,37-,38+,39+,40+,41-,43+,44+,46-,47+,51-/m1/s1. The highest BCUT2D eigenvalue weighted by Gasteiger charge is 2.53. The number of nitrogens with zero attached hydrogens (tertiary/aromatic N) is 1. The summed E-state index contributed by atoms with van der Waals surface area (Å²) in [4.78, 5) is 71.7. The lowest BCUT2D eigenvalue weighted by molar-refractivity contribution is -0.265. The van der Waals surface area contributed by atoms with Crippen molar-refractivity contribution < 1.29 is 58.2 Å². The molecule has 0 spiro atoms. The Hall–Kier alpha value is -3.33. The average Bonchev–Trinajstić information content (AvgIpc) is 3.26. The van der Waals surface area contributed by atoms with E-state index in [9.17, 15) is 39.3 Å². The van der Waals surface area contributed by atoms with E-state index >= 15 is 0 Å². The van der Waals surface area contributed by atoms with Gasteiger partial charge in [0.1, 0.15) is 30.1 Å². The van der Waals surface area contributed by atoms with Gasteiger partial charge in [-0.3, -0.25) is 19.2 Å². The number of aliphatic hydroxyl groups excluding tert-OH is 2. The lowest BCUT2D eigenvalue weighted by Gasteiger charge is -2.42. The number of fused-ring (bicyclic) bond motifs is 3. The Bertz CT molecular complexity index is 1740. The second kappa shape index (κ2) is 24.4. The number of hydrogen-bond acceptors (Lipinski definition) is 12. The molecule has 0 unspecified atom stereocenters.